The number of hydrogen-bond acceptors (Lipinski definition) is 10. The van der Waals surface area contributed by atoms with Crippen molar-refractivity contribution in [1.29, 1.82) is 0 Å². The second-order valence-corrected chi connectivity index (χ2v) is 27.8. The molecule has 4 fully saturated rings. The van der Waals surface area contributed by atoms with Gasteiger partial charge in [0.2, 0.25) is 20.0 Å². The molecule has 0 unspecified atom stereocenters. The molecule has 12 nitrogen and oxygen atoms in total. The maximum Gasteiger partial charge on any atom is 0.261 e. The molecule has 22 heteroatoms. The summed E-state index contributed by atoms with van der Waals surface area (Å²) in [6.45, 7) is 7.17. The lowest BCUT2D eigenvalue weighted by Gasteiger charge is -2.42. The van der Waals surface area contributed by atoms with Crippen LogP contribution in [-0.4, -0.2) is 97.8 Å². The van der Waals surface area contributed by atoms with Crippen molar-refractivity contribution < 1.29 is 61.1 Å². The van der Waals surface area contributed by atoms with Crippen molar-refractivity contribution in [3.63, 3.8) is 0 Å². The monoisotopic (exact) mass is 1730 g/mol. The van der Waals surface area contributed by atoms with Gasteiger partial charge in [0.25, 0.3) is 9.05 Å². The molecule has 0 bridgehead atoms. The molecule has 0 atom stereocenters. The smallest absolute Gasteiger partial charge is 0.261 e. The van der Waals surface area contributed by atoms with Crippen molar-refractivity contribution in [2.45, 2.75) is 73.1 Å². The Morgan fingerprint density at radius 3 is 0.740 bits per heavy atom. The van der Waals surface area contributed by atoms with Crippen LogP contribution in [0.25, 0.3) is 0 Å². The molecule has 3 aromatic rings. The first-order chi connectivity index (χ1) is 61.2. The minimum atomic E-state index is -4.26. The second kappa shape index (κ2) is 62.9. The maximum absolute atomic E-state index is 13.6. The number of sulfonamides is 2. The molecule has 4 heterocycles. The maximum atomic E-state index is 13.6. The third-order valence-electron chi connectivity index (χ3n) is 13.6. The van der Waals surface area contributed by atoms with E-state index in [0.29, 0.717) is 36.4 Å². The van der Waals surface area contributed by atoms with Crippen molar-refractivity contribution in [3.8, 4) is 414 Å². The molecular formula is C105H45ClF6N4O8S3. The largest absolute Gasteiger partial charge is 0.359 e. The van der Waals surface area contributed by atoms with Gasteiger partial charge in [-0.05, 0) is 176 Å². The number of nitrogens with one attached hydrogen (secondary N) is 2. The van der Waals surface area contributed by atoms with Gasteiger partial charge in [-0.25, -0.2) is 51.6 Å². The Morgan fingerprint density at radius 1 is 0.291 bits per heavy atom. The van der Waals surface area contributed by atoms with Crippen LogP contribution in [0.1, 0.15) is 47.0 Å². The molecule has 127 heavy (non-hydrogen) atoms. The van der Waals surface area contributed by atoms with Gasteiger partial charge in [0.15, 0.2) is 34.9 Å². The molecule has 2 spiro atoms. The van der Waals surface area contributed by atoms with Crippen LogP contribution in [0.4, 0.5) is 26.3 Å². The highest BCUT2D eigenvalue weighted by Gasteiger charge is 2.52. The molecule has 3 aromatic carbocycles. The van der Waals surface area contributed by atoms with Crippen molar-refractivity contribution >= 4 is 39.8 Å². The van der Waals surface area contributed by atoms with E-state index in [9.17, 15) is 51.6 Å². The van der Waals surface area contributed by atoms with Gasteiger partial charge in [0.1, 0.15) is 11.4 Å². The van der Waals surface area contributed by atoms with Gasteiger partial charge in [-0.3, -0.25) is 5.32 Å². The third kappa shape index (κ3) is 44.9. The predicted molar refractivity (Wildman–Crippen MR) is 472 cm³/mol. The Labute approximate surface area is 744 Å². The summed E-state index contributed by atoms with van der Waals surface area (Å²) >= 11 is 0. The zero-order chi connectivity index (χ0) is 91.0. The minimum Gasteiger partial charge on any atom is -0.359 e. The summed E-state index contributed by atoms with van der Waals surface area (Å²) in [6, 6.07) is 6.60. The Morgan fingerprint density at radius 2 is 0.520 bits per heavy atom. The van der Waals surface area contributed by atoms with Crippen LogP contribution in [0, 0.1) is 449 Å². The molecule has 4 aliphatic rings. The molecule has 0 radical (unpaired) electrons. The van der Waals surface area contributed by atoms with E-state index in [1.807, 2.05) is 0 Å². The number of ether oxygens (including phenoxy) is 2. The molecule has 0 aromatic heterocycles. The van der Waals surface area contributed by atoms with Crippen molar-refractivity contribution in [2.24, 2.45) is 0 Å². The Hall–Kier alpha value is -18.3. The summed E-state index contributed by atoms with van der Waals surface area (Å²) in [4.78, 5) is -1.33. The van der Waals surface area contributed by atoms with Gasteiger partial charge in [0.05, 0.1) is 27.9 Å². The van der Waals surface area contributed by atoms with Crippen molar-refractivity contribution in [2.75, 3.05) is 52.5 Å². The summed E-state index contributed by atoms with van der Waals surface area (Å²) in [6.07, 6.45) is 2.15. The molecule has 4 saturated heterocycles. The number of benzene rings is 3. The number of rotatable bonds is 5. The highest BCUT2D eigenvalue weighted by atomic mass is 35.7. The molecule has 0 aliphatic carbocycles. The average molecular weight is 1740 g/mol. The summed E-state index contributed by atoms with van der Waals surface area (Å²) in [5.41, 5.74) is -1.30. The molecular weight excluding hydrogens is 1690 g/mol. The SMILES string of the molecule is C.C1CC2(CCN1)NCCO2.CC#CC#CC#CC#CC#CC#CC#CC#CC#CC#CC#CC#CC#CC#CC#CC#CC#CC#CC#CC#CC#CC#CC#CC#CC#CC#CC#CC#CC#CC#CC#CC#CC#CC#CC#CC.O=S(=O)(Cl)c1ccc(F)c(F)c1.O=S(=O)(c1ccc(F)c(F)c1)N1CCC2(CC1)OCCN2S(=O)(=O)c1ccc(F)c(F)c1. The number of nitrogens with zero attached hydrogens (tertiary/aromatic N) is 2. The lowest BCUT2D eigenvalue weighted by molar-refractivity contribution is -0.0806. The number of piperidine rings is 2. The fourth-order valence-electron chi connectivity index (χ4n) is 8.50. The normalized spacial score (nSPS) is 10.9. The predicted octanol–water partition coefficient (Wildman–Crippen LogP) is 5.80. The summed E-state index contributed by atoms with van der Waals surface area (Å²) < 4.78 is 165. The van der Waals surface area contributed by atoms with Gasteiger partial charge in [-0.2, -0.15) is 8.61 Å². The van der Waals surface area contributed by atoms with Gasteiger partial charge >= 0.3 is 0 Å². The summed E-state index contributed by atoms with van der Waals surface area (Å²) in [5.74, 6) is 168. The van der Waals surface area contributed by atoms with Crippen LogP contribution in [0.3, 0.4) is 0 Å². The van der Waals surface area contributed by atoms with E-state index in [0.717, 1.165) is 65.9 Å². The third-order valence-corrected chi connectivity index (χ3v) is 18.8. The first-order valence-electron chi connectivity index (χ1n) is 34.6. The van der Waals surface area contributed by atoms with Gasteiger partial charge in [-0.1, -0.05) is 19.3 Å². The van der Waals surface area contributed by atoms with Crippen LogP contribution >= 0.6 is 10.7 Å². The number of hydrogen-bond donors (Lipinski definition) is 2. The van der Waals surface area contributed by atoms with E-state index >= 15 is 0 Å². The molecule has 7 rings (SSSR count). The second-order valence-electron chi connectivity index (χ2n) is 21.5. The van der Waals surface area contributed by atoms with Crippen molar-refractivity contribution in [3.05, 3.63) is 89.5 Å². The molecule has 4 aliphatic heterocycles. The highest BCUT2D eigenvalue weighted by Crippen LogP contribution is 2.40. The Kier molecular flexibility index (Phi) is 50.9. The van der Waals surface area contributed by atoms with Crippen molar-refractivity contribution in [1.82, 2.24) is 19.2 Å². The van der Waals surface area contributed by atoms with E-state index in [1.165, 1.54) is 0 Å². The molecule has 600 valence electrons. The topological polar surface area (TPSA) is 151 Å². The minimum absolute atomic E-state index is 0. The highest BCUT2D eigenvalue weighted by molar-refractivity contribution is 8.13. The molecule has 0 amide bonds. The van der Waals surface area contributed by atoms with E-state index < -0.39 is 84.4 Å². The van der Waals surface area contributed by atoms with E-state index in [1.54, 1.807) is 13.8 Å². The fraction of sp³-hybridized carbons (Fsp3) is 0.162. The van der Waals surface area contributed by atoms with Crippen LogP contribution in [0.2, 0.25) is 0 Å². The van der Waals surface area contributed by atoms with E-state index in [-0.39, 0.29) is 52.2 Å². The Bertz CT molecular complexity index is 7470. The lowest BCUT2D eigenvalue weighted by Crippen LogP contribution is -2.55. The average Bonchev–Trinajstić information content (AvgIpc) is 1.69. The lowest BCUT2D eigenvalue weighted by atomic mass is 10.0. The Balaban J connectivity index is 0.000000599. The zero-order valence-corrected chi connectivity index (χ0v) is 68.4. The van der Waals surface area contributed by atoms with E-state index in [2.05, 4.69) is 425 Å². The molecule has 2 N–H and O–H groups in total. The number of halogens is 7. The van der Waals surface area contributed by atoms with Gasteiger partial charge < -0.3 is 14.8 Å². The summed E-state index contributed by atoms with van der Waals surface area (Å²) in [7, 11) is -7.52. The first kappa shape index (κ1) is 103. The van der Waals surface area contributed by atoms with Crippen LogP contribution in [0.15, 0.2) is 69.3 Å². The van der Waals surface area contributed by atoms with Crippen LogP contribution in [-0.2, 0) is 38.6 Å². The van der Waals surface area contributed by atoms with E-state index in [4.69, 9.17) is 20.2 Å². The van der Waals surface area contributed by atoms with Crippen LogP contribution < -0.4 is 10.6 Å². The van der Waals surface area contributed by atoms with Gasteiger partial charge in [-0.15, -0.1) is 0 Å². The first-order valence-corrected chi connectivity index (χ1v) is 39.8. The standard InChI is InChI=1S/C72H6.C19H18F4N2O5S2.C7H14N2O.C6H3ClF2O2S.CH4/c1-3-5-7-9-11-13-15-17-19-21-23-25-27-29-31-33-35-37-39-41-43-45-47-49-51-53-55-57-59-61-63-65-67-69-71-72-70-68-66-64-62-60-58-56-54-52-50-48-46-44-42-40-38-36-34-32-30-28-26-24-22-20-18-16-14-12-10-8-6-4-2;20-15-3-1-13(11-17(15)22)31(26,27)24-7-5-19(6-8-24)25(9-10-30-19)32(28,29)14-2-4-16(21)18(23)12-14;1-3-8-4-2-7(1)9-5-6-10-7;7-12(10,11)4-1-2-5(8)6(9)3-4;/h1-2H3;1-4,11-12H,5-10H2;8-9H,1-6H2;1-3H;1H4. The molecule has 0 saturated carbocycles. The zero-order valence-electron chi connectivity index (χ0n) is 65.2. The quantitative estimate of drug-likeness (QED) is 0.182. The fourth-order valence-corrected chi connectivity index (χ4v) is 12.4. The summed E-state index contributed by atoms with van der Waals surface area (Å²) in [5, 5.41) is 6.73. The van der Waals surface area contributed by atoms with Gasteiger partial charge in [0, 0.05) is 370 Å². The van der Waals surface area contributed by atoms with Crippen LogP contribution in [0.5, 0.6) is 0 Å².